The molecule has 0 bridgehead atoms. The Balaban J connectivity index is 2.30. The van der Waals surface area contributed by atoms with Crippen LogP contribution in [0.4, 0.5) is 4.39 Å². The highest BCUT2D eigenvalue weighted by atomic mass is 19.1. The number of likely N-dealkylation sites (N-methyl/N-ethyl adjacent to an activating group) is 1. The number of carbonyl (C=O) groups excluding carboxylic acids is 1. The molecular weight excluding hydrogens is 221 g/mol. The third kappa shape index (κ3) is 2.50. The van der Waals surface area contributed by atoms with Gasteiger partial charge < -0.3 is 9.88 Å². The standard InChI is InChI=1S/C12H12FN3O/c1-14-11(17)8-16-7-6-15-12(16)9-2-4-10(13)5-3-9/h2-7H,8H2,1H3,(H,14,17). The largest absolute Gasteiger partial charge is 0.358 e. The van der Waals surface area contributed by atoms with Crippen LogP contribution in [0.15, 0.2) is 36.7 Å². The Morgan fingerprint density at radius 3 is 2.76 bits per heavy atom. The van der Waals surface area contributed by atoms with Crippen LogP contribution in [0.5, 0.6) is 0 Å². The van der Waals surface area contributed by atoms with E-state index in [1.54, 1.807) is 36.1 Å². The van der Waals surface area contributed by atoms with Gasteiger partial charge in [-0.3, -0.25) is 4.79 Å². The fraction of sp³-hybridized carbons (Fsp3) is 0.167. The van der Waals surface area contributed by atoms with Crippen molar-refractivity contribution in [3.63, 3.8) is 0 Å². The zero-order chi connectivity index (χ0) is 12.3. The maximum absolute atomic E-state index is 12.8. The van der Waals surface area contributed by atoms with Gasteiger partial charge in [0.1, 0.15) is 18.2 Å². The average Bonchev–Trinajstić information content (AvgIpc) is 2.78. The van der Waals surface area contributed by atoms with Crippen LogP contribution in [0.3, 0.4) is 0 Å². The van der Waals surface area contributed by atoms with E-state index >= 15 is 0 Å². The summed E-state index contributed by atoms with van der Waals surface area (Å²) >= 11 is 0. The van der Waals surface area contributed by atoms with Crippen molar-refractivity contribution in [3.05, 3.63) is 42.5 Å². The number of halogens is 1. The number of nitrogens with one attached hydrogen (secondary N) is 1. The van der Waals surface area contributed by atoms with Gasteiger partial charge in [0.25, 0.3) is 0 Å². The first kappa shape index (κ1) is 11.3. The lowest BCUT2D eigenvalue weighted by Crippen LogP contribution is -2.23. The van der Waals surface area contributed by atoms with Gasteiger partial charge in [-0.2, -0.15) is 0 Å². The number of imidazole rings is 1. The molecule has 0 radical (unpaired) electrons. The molecule has 1 heterocycles. The van der Waals surface area contributed by atoms with Gasteiger partial charge in [0.15, 0.2) is 0 Å². The molecule has 0 spiro atoms. The monoisotopic (exact) mass is 233 g/mol. The van der Waals surface area contributed by atoms with Crippen LogP contribution in [-0.4, -0.2) is 22.5 Å². The van der Waals surface area contributed by atoms with E-state index in [0.717, 1.165) is 5.56 Å². The van der Waals surface area contributed by atoms with Crippen molar-refractivity contribution in [2.75, 3.05) is 7.05 Å². The van der Waals surface area contributed by atoms with E-state index < -0.39 is 0 Å². The molecule has 0 aliphatic carbocycles. The van der Waals surface area contributed by atoms with E-state index in [-0.39, 0.29) is 18.3 Å². The van der Waals surface area contributed by atoms with Crippen LogP contribution in [0, 0.1) is 5.82 Å². The molecule has 1 aromatic heterocycles. The summed E-state index contributed by atoms with van der Waals surface area (Å²) in [6.07, 6.45) is 3.33. The first-order valence-corrected chi connectivity index (χ1v) is 5.18. The van der Waals surface area contributed by atoms with E-state index in [4.69, 9.17) is 0 Å². The van der Waals surface area contributed by atoms with Gasteiger partial charge >= 0.3 is 0 Å². The Bertz CT molecular complexity index is 519. The molecule has 88 valence electrons. The highest BCUT2D eigenvalue weighted by Gasteiger charge is 2.08. The van der Waals surface area contributed by atoms with Crippen LogP contribution in [-0.2, 0) is 11.3 Å². The quantitative estimate of drug-likeness (QED) is 0.871. The first-order chi connectivity index (χ1) is 8.20. The van der Waals surface area contributed by atoms with Gasteiger partial charge in [0, 0.05) is 25.0 Å². The molecule has 0 fully saturated rings. The van der Waals surface area contributed by atoms with Crippen LogP contribution in [0.25, 0.3) is 11.4 Å². The average molecular weight is 233 g/mol. The summed E-state index contributed by atoms with van der Waals surface area (Å²) in [5.41, 5.74) is 0.778. The molecule has 0 saturated heterocycles. The molecule has 1 aromatic carbocycles. The summed E-state index contributed by atoms with van der Waals surface area (Å²) < 4.78 is 14.5. The predicted molar refractivity (Wildman–Crippen MR) is 61.7 cm³/mol. The molecule has 17 heavy (non-hydrogen) atoms. The maximum Gasteiger partial charge on any atom is 0.239 e. The van der Waals surface area contributed by atoms with Gasteiger partial charge in [-0.05, 0) is 24.3 Å². The molecule has 1 amide bonds. The predicted octanol–water partition coefficient (Wildman–Crippen LogP) is 1.44. The summed E-state index contributed by atoms with van der Waals surface area (Å²) in [5, 5.41) is 2.54. The SMILES string of the molecule is CNC(=O)Cn1ccnc1-c1ccc(F)cc1. The molecule has 0 aliphatic heterocycles. The highest BCUT2D eigenvalue weighted by Crippen LogP contribution is 2.17. The number of amides is 1. The number of rotatable bonds is 3. The summed E-state index contributed by atoms with van der Waals surface area (Å²) in [6.45, 7) is 0.198. The minimum atomic E-state index is -0.293. The molecule has 4 nitrogen and oxygen atoms in total. The van der Waals surface area contributed by atoms with Crippen molar-refractivity contribution >= 4 is 5.91 Å². The molecule has 2 aromatic rings. The molecule has 0 aliphatic rings. The molecule has 2 rings (SSSR count). The third-order valence-electron chi connectivity index (χ3n) is 2.41. The second-order valence-electron chi connectivity index (χ2n) is 3.56. The zero-order valence-corrected chi connectivity index (χ0v) is 9.35. The van der Waals surface area contributed by atoms with Gasteiger partial charge in [0.05, 0.1) is 0 Å². The van der Waals surface area contributed by atoms with Gasteiger partial charge in [0.2, 0.25) is 5.91 Å². The van der Waals surface area contributed by atoms with Crippen molar-refractivity contribution in [1.82, 2.24) is 14.9 Å². The normalized spacial score (nSPS) is 10.2. The lowest BCUT2D eigenvalue weighted by molar-refractivity contribution is -0.121. The van der Waals surface area contributed by atoms with Crippen molar-refractivity contribution in [2.24, 2.45) is 0 Å². The second-order valence-corrected chi connectivity index (χ2v) is 3.56. The van der Waals surface area contributed by atoms with Crippen LogP contribution in [0.1, 0.15) is 0 Å². The smallest absolute Gasteiger partial charge is 0.239 e. The Morgan fingerprint density at radius 2 is 2.12 bits per heavy atom. The number of carbonyl (C=O) groups is 1. The van der Waals surface area contributed by atoms with Gasteiger partial charge in [-0.1, -0.05) is 0 Å². The molecule has 0 unspecified atom stereocenters. The molecular formula is C12H12FN3O. The van der Waals surface area contributed by atoms with Crippen molar-refractivity contribution in [2.45, 2.75) is 6.54 Å². The fourth-order valence-corrected chi connectivity index (χ4v) is 1.53. The van der Waals surface area contributed by atoms with Crippen LogP contribution in [0.2, 0.25) is 0 Å². The third-order valence-corrected chi connectivity index (χ3v) is 2.41. The van der Waals surface area contributed by atoms with Gasteiger partial charge in [-0.15, -0.1) is 0 Å². The Labute approximate surface area is 98.1 Å². The van der Waals surface area contributed by atoms with Crippen molar-refractivity contribution < 1.29 is 9.18 Å². The minimum Gasteiger partial charge on any atom is -0.358 e. The van der Waals surface area contributed by atoms with E-state index in [1.165, 1.54) is 12.1 Å². The number of benzene rings is 1. The zero-order valence-electron chi connectivity index (χ0n) is 9.35. The second kappa shape index (κ2) is 4.78. The number of hydrogen-bond acceptors (Lipinski definition) is 2. The van der Waals surface area contributed by atoms with Gasteiger partial charge in [-0.25, -0.2) is 9.37 Å². The van der Waals surface area contributed by atoms with Crippen LogP contribution >= 0.6 is 0 Å². The summed E-state index contributed by atoms with van der Waals surface area (Å²) in [5.74, 6) is 0.248. The summed E-state index contributed by atoms with van der Waals surface area (Å²) in [6, 6.07) is 6.01. The molecule has 0 saturated carbocycles. The molecule has 1 N–H and O–H groups in total. The highest BCUT2D eigenvalue weighted by molar-refractivity contribution is 5.76. The van der Waals surface area contributed by atoms with E-state index in [9.17, 15) is 9.18 Å². The fourth-order valence-electron chi connectivity index (χ4n) is 1.53. The minimum absolute atomic E-state index is 0.105. The number of nitrogens with zero attached hydrogens (tertiary/aromatic N) is 2. The molecule has 5 heteroatoms. The van der Waals surface area contributed by atoms with E-state index in [2.05, 4.69) is 10.3 Å². The molecule has 0 atom stereocenters. The maximum atomic E-state index is 12.8. The topological polar surface area (TPSA) is 46.9 Å². The summed E-state index contributed by atoms with van der Waals surface area (Å²) in [7, 11) is 1.58. The summed E-state index contributed by atoms with van der Waals surface area (Å²) in [4.78, 5) is 15.5. The van der Waals surface area contributed by atoms with E-state index in [0.29, 0.717) is 5.82 Å². The lowest BCUT2D eigenvalue weighted by Gasteiger charge is -2.06. The van der Waals surface area contributed by atoms with Crippen LogP contribution < -0.4 is 5.32 Å². The van der Waals surface area contributed by atoms with E-state index in [1.807, 2.05) is 0 Å². The lowest BCUT2D eigenvalue weighted by atomic mass is 10.2. The van der Waals surface area contributed by atoms with Crippen molar-refractivity contribution in [3.8, 4) is 11.4 Å². The number of hydrogen-bond donors (Lipinski definition) is 1. The first-order valence-electron chi connectivity index (χ1n) is 5.18. The number of aromatic nitrogens is 2. The Kier molecular flexibility index (Phi) is 3.18. The Morgan fingerprint density at radius 1 is 1.41 bits per heavy atom. The van der Waals surface area contributed by atoms with Crippen molar-refractivity contribution in [1.29, 1.82) is 0 Å². The Hall–Kier alpha value is -2.17.